The molecule has 0 unspecified atom stereocenters. The molecule has 1 aromatic carbocycles. The Morgan fingerprint density at radius 3 is 2.75 bits per heavy atom. The van der Waals surface area contributed by atoms with Crippen molar-refractivity contribution in [3.8, 4) is 0 Å². The van der Waals surface area contributed by atoms with E-state index in [1.807, 2.05) is 0 Å². The van der Waals surface area contributed by atoms with E-state index in [1.165, 1.54) is 4.90 Å². The number of imide groups is 1. The molecule has 9 nitrogen and oxygen atoms in total. The second-order valence-electron chi connectivity index (χ2n) is 7.55. The number of anilines is 1. The van der Waals surface area contributed by atoms with E-state index in [4.69, 9.17) is 10.5 Å². The molecule has 2 saturated heterocycles. The van der Waals surface area contributed by atoms with Crippen molar-refractivity contribution in [3.05, 3.63) is 29.8 Å². The van der Waals surface area contributed by atoms with Gasteiger partial charge in [0.05, 0.1) is 12.1 Å². The number of ether oxygens (including phenoxy) is 1. The van der Waals surface area contributed by atoms with Gasteiger partial charge in [0.1, 0.15) is 17.9 Å². The number of para-hydroxylation sites is 1. The van der Waals surface area contributed by atoms with Gasteiger partial charge in [-0.2, -0.15) is 0 Å². The van der Waals surface area contributed by atoms with E-state index in [0.717, 1.165) is 0 Å². The van der Waals surface area contributed by atoms with Crippen LogP contribution in [0, 0.1) is 11.8 Å². The molecule has 4 amide bonds. The smallest absolute Gasteiger partial charge is 0.291 e. The van der Waals surface area contributed by atoms with Crippen LogP contribution in [0.3, 0.4) is 0 Å². The van der Waals surface area contributed by atoms with E-state index < -0.39 is 29.3 Å². The Labute approximate surface area is 161 Å². The molecule has 3 aliphatic heterocycles. The van der Waals surface area contributed by atoms with Gasteiger partial charge in [0.15, 0.2) is 0 Å². The number of benzene rings is 1. The molecule has 4 atom stereocenters. The van der Waals surface area contributed by atoms with Gasteiger partial charge in [-0.25, -0.2) is 0 Å². The van der Waals surface area contributed by atoms with Crippen molar-refractivity contribution in [3.63, 3.8) is 0 Å². The maximum Gasteiger partial charge on any atom is 0.291 e. The van der Waals surface area contributed by atoms with Crippen LogP contribution in [0.1, 0.15) is 18.4 Å². The number of carbonyl (C=O) groups excluding carboxylic acids is 4. The molecular weight excluding hydrogens is 364 g/mol. The summed E-state index contributed by atoms with van der Waals surface area (Å²) in [5.41, 5.74) is 5.43. The average Bonchev–Trinajstić information content (AvgIpc) is 3.22. The highest BCUT2D eigenvalue weighted by atomic mass is 16.5. The predicted molar refractivity (Wildman–Crippen MR) is 96.5 cm³/mol. The Bertz CT molecular complexity index is 872. The van der Waals surface area contributed by atoms with E-state index >= 15 is 0 Å². The van der Waals surface area contributed by atoms with Crippen molar-refractivity contribution >= 4 is 29.3 Å². The molecule has 0 radical (unpaired) electrons. The third kappa shape index (κ3) is 2.46. The number of amides is 4. The molecule has 28 heavy (non-hydrogen) atoms. The Kier molecular flexibility index (Phi) is 4.43. The number of quaternary nitrogens is 1. The fourth-order valence-corrected chi connectivity index (χ4v) is 4.99. The van der Waals surface area contributed by atoms with Gasteiger partial charge in [0.2, 0.25) is 23.3 Å². The molecule has 0 aromatic heterocycles. The van der Waals surface area contributed by atoms with Crippen LogP contribution in [0.25, 0.3) is 0 Å². The molecule has 3 heterocycles. The fraction of sp³-hybridized carbons (Fsp3) is 0.474. The van der Waals surface area contributed by atoms with Gasteiger partial charge in [-0.1, -0.05) is 18.2 Å². The number of nitrogens with two attached hydrogens (primary N) is 2. The fourth-order valence-electron chi connectivity index (χ4n) is 4.99. The Morgan fingerprint density at radius 2 is 2.04 bits per heavy atom. The number of carbonyl (C=O) groups is 4. The summed E-state index contributed by atoms with van der Waals surface area (Å²) in [7, 11) is 1.55. The van der Waals surface area contributed by atoms with Crippen molar-refractivity contribution in [1.29, 1.82) is 0 Å². The predicted octanol–water partition coefficient (Wildman–Crippen LogP) is -1.71. The van der Waals surface area contributed by atoms with Crippen LogP contribution in [0.4, 0.5) is 5.69 Å². The largest absolute Gasteiger partial charge is 0.385 e. The minimum atomic E-state index is -1.26. The first-order valence-electron chi connectivity index (χ1n) is 9.31. The van der Waals surface area contributed by atoms with Gasteiger partial charge in [0, 0.05) is 25.8 Å². The highest BCUT2D eigenvalue weighted by Crippen LogP contribution is 2.49. The summed E-state index contributed by atoms with van der Waals surface area (Å²) < 4.78 is 5.02. The summed E-state index contributed by atoms with van der Waals surface area (Å²) in [6.45, 7) is 0.638. The highest BCUT2D eigenvalue weighted by Gasteiger charge is 2.74. The molecule has 148 valence electrons. The first kappa shape index (κ1) is 18.6. The van der Waals surface area contributed by atoms with Crippen molar-refractivity contribution in [1.82, 2.24) is 4.90 Å². The van der Waals surface area contributed by atoms with Crippen LogP contribution < -0.4 is 16.4 Å². The molecule has 0 saturated carbocycles. The zero-order valence-electron chi connectivity index (χ0n) is 15.5. The monoisotopic (exact) mass is 387 g/mol. The molecule has 1 spiro atoms. The lowest BCUT2D eigenvalue weighted by Crippen LogP contribution is -2.99. The van der Waals surface area contributed by atoms with Crippen LogP contribution in [0.15, 0.2) is 24.3 Å². The first-order chi connectivity index (χ1) is 13.4. The lowest BCUT2D eigenvalue weighted by molar-refractivity contribution is -0.732. The Balaban J connectivity index is 1.78. The maximum atomic E-state index is 13.3. The number of fused-ring (bicyclic) bond motifs is 4. The Morgan fingerprint density at radius 1 is 1.29 bits per heavy atom. The SMILES string of the molecule is COCCCN1C(=O)[C@H]2[C@@H](C1=O)[C@]1([NH2+][C@@H]2CC(N)=O)C(=O)Nc2ccccc21. The lowest BCUT2D eigenvalue weighted by Gasteiger charge is -2.26. The molecule has 2 fully saturated rings. The Hall–Kier alpha value is -2.78. The normalized spacial score (nSPS) is 30.7. The van der Waals surface area contributed by atoms with Crippen LogP contribution >= 0.6 is 0 Å². The maximum absolute atomic E-state index is 13.3. The second-order valence-corrected chi connectivity index (χ2v) is 7.55. The van der Waals surface area contributed by atoms with Crippen molar-refractivity contribution in [2.75, 3.05) is 25.6 Å². The number of rotatable bonds is 6. The summed E-state index contributed by atoms with van der Waals surface area (Å²) in [4.78, 5) is 52.3. The molecule has 1 aromatic rings. The number of methoxy groups -OCH3 is 1. The van der Waals surface area contributed by atoms with Gasteiger partial charge >= 0.3 is 0 Å². The van der Waals surface area contributed by atoms with Gasteiger partial charge in [-0.15, -0.1) is 0 Å². The first-order valence-corrected chi connectivity index (χ1v) is 9.31. The van der Waals surface area contributed by atoms with Crippen molar-refractivity contribution < 1.29 is 29.2 Å². The lowest BCUT2D eigenvalue weighted by atomic mass is 9.76. The minimum absolute atomic E-state index is 0.0801. The summed E-state index contributed by atoms with van der Waals surface area (Å²) >= 11 is 0. The molecule has 9 heteroatoms. The number of nitrogens with zero attached hydrogens (tertiary/aromatic N) is 1. The van der Waals surface area contributed by atoms with Crippen LogP contribution in [0.5, 0.6) is 0 Å². The van der Waals surface area contributed by atoms with Gasteiger partial charge in [-0.3, -0.25) is 24.1 Å². The van der Waals surface area contributed by atoms with E-state index in [9.17, 15) is 19.2 Å². The molecule has 4 rings (SSSR count). The van der Waals surface area contributed by atoms with Gasteiger partial charge in [0.25, 0.3) is 5.91 Å². The molecule has 5 N–H and O–H groups in total. The number of hydrogen-bond donors (Lipinski definition) is 3. The zero-order valence-corrected chi connectivity index (χ0v) is 15.5. The molecule has 0 aliphatic carbocycles. The second kappa shape index (κ2) is 6.68. The number of primary amides is 1. The van der Waals surface area contributed by atoms with E-state index in [1.54, 1.807) is 36.7 Å². The molecule has 0 bridgehead atoms. The van der Waals surface area contributed by atoms with E-state index in [0.29, 0.717) is 24.3 Å². The standard InChI is InChI=1S/C19H22N4O5/c1-28-8-4-7-23-16(25)14-12(9-13(20)24)22-19(15(14)17(23)26)10-5-2-3-6-11(10)21-18(19)27/h2-3,5-6,12,14-15,22H,4,7-9H2,1H3,(H2,20,24)(H,21,27)/p+1/t12-,14-,15+,19+/m1/s1. The van der Waals surface area contributed by atoms with Crippen LogP contribution in [-0.4, -0.2) is 54.8 Å². The molecular formula is C19H23N4O5+. The quantitative estimate of drug-likeness (QED) is 0.395. The number of hydrogen-bond acceptors (Lipinski definition) is 5. The average molecular weight is 387 g/mol. The van der Waals surface area contributed by atoms with E-state index in [2.05, 4.69) is 5.32 Å². The third-order valence-corrected chi connectivity index (χ3v) is 6.03. The highest BCUT2D eigenvalue weighted by molar-refractivity contribution is 6.14. The number of likely N-dealkylation sites (tertiary alicyclic amines) is 1. The summed E-state index contributed by atoms with van der Waals surface area (Å²) in [6, 6.07) is 6.58. The summed E-state index contributed by atoms with van der Waals surface area (Å²) in [5, 5.41) is 4.54. The summed E-state index contributed by atoms with van der Waals surface area (Å²) in [5.74, 6) is -3.25. The van der Waals surface area contributed by atoms with Crippen molar-refractivity contribution in [2.24, 2.45) is 17.6 Å². The number of nitrogens with one attached hydrogen (secondary N) is 1. The molecule has 3 aliphatic rings. The van der Waals surface area contributed by atoms with Crippen molar-refractivity contribution in [2.45, 2.75) is 24.4 Å². The third-order valence-electron chi connectivity index (χ3n) is 6.03. The zero-order chi connectivity index (χ0) is 20.1. The van der Waals surface area contributed by atoms with Gasteiger partial charge < -0.3 is 21.1 Å². The van der Waals surface area contributed by atoms with Gasteiger partial charge in [-0.05, 0) is 12.5 Å². The minimum Gasteiger partial charge on any atom is -0.385 e. The van der Waals surface area contributed by atoms with Crippen LogP contribution in [-0.2, 0) is 29.5 Å². The van der Waals surface area contributed by atoms with E-state index in [-0.39, 0.29) is 30.7 Å². The summed E-state index contributed by atoms with van der Waals surface area (Å²) in [6.07, 6.45) is 0.427. The topological polar surface area (TPSA) is 135 Å². The van der Waals surface area contributed by atoms with Crippen LogP contribution in [0.2, 0.25) is 0 Å².